The molecule has 2 aromatic rings. The molecule has 11 heteroatoms. The second-order valence-corrected chi connectivity index (χ2v) is 8.72. The predicted molar refractivity (Wildman–Crippen MR) is 127 cm³/mol. The Morgan fingerprint density at radius 2 is 1.97 bits per heavy atom. The van der Waals surface area contributed by atoms with Crippen LogP contribution >= 0.6 is 11.3 Å². The molecule has 184 valence electrons. The number of carbonyl (C=O) groups is 3. The van der Waals surface area contributed by atoms with Gasteiger partial charge in [-0.2, -0.15) is 0 Å². The number of nitrogens with one attached hydrogen (secondary N) is 2. The van der Waals surface area contributed by atoms with Crippen LogP contribution in [0, 0.1) is 5.92 Å². The highest BCUT2D eigenvalue weighted by Crippen LogP contribution is 2.28. The maximum atomic E-state index is 13.3. The van der Waals surface area contributed by atoms with Crippen LogP contribution in [0.1, 0.15) is 42.4 Å². The van der Waals surface area contributed by atoms with Crippen molar-refractivity contribution in [3.05, 3.63) is 40.9 Å². The van der Waals surface area contributed by atoms with Crippen LogP contribution in [0.15, 0.2) is 29.6 Å². The lowest BCUT2D eigenvalue weighted by molar-refractivity contribution is -0.129. The van der Waals surface area contributed by atoms with Crippen LogP contribution in [-0.2, 0) is 14.3 Å². The first-order valence-electron chi connectivity index (χ1n) is 11.0. The number of ether oxygens (including phenoxy) is 3. The Morgan fingerprint density at radius 1 is 1.24 bits per heavy atom. The van der Waals surface area contributed by atoms with E-state index in [1.165, 1.54) is 23.3 Å². The number of methoxy groups -OCH3 is 2. The van der Waals surface area contributed by atoms with Crippen LogP contribution in [0.25, 0.3) is 0 Å². The summed E-state index contributed by atoms with van der Waals surface area (Å²) in [7, 11) is 2.90. The summed E-state index contributed by atoms with van der Waals surface area (Å²) in [6, 6.07) is 5.48. The van der Waals surface area contributed by atoms with Gasteiger partial charge in [-0.05, 0) is 23.6 Å². The number of carbonyl (C=O) groups excluding carboxylic acids is 3. The van der Waals surface area contributed by atoms with Gasteiger partial charge in [-0.25, -0.2) is 14.6 Å². The van der Waals surface area contributed by atoms with Crippen LogP contribution in [0.2, 0.25) is 0 Å². The highest BCUT2D eigenvalue weighted by Gasteiger charge is 2.44. The molecule has 1 aliphatic rings. The predicted octanol–water partition coefficient (Wildman–Crippen LogP) is 3.07. The molecule has 1 aliphatic heterocycles. The van der Waals surface area contributed by atoms with Gasteiger partial charge < -0.3 is 24.8 Å². The number of aromatic nitrogens is 1. The molecule has 3 atom stereocenters. The Morgan fingerprint density at radius 3 is 2.62 bits per heavy atom. The molecule has 3 amide bonds. The summed E-state index contributed by atoms with van der Waals surface area (Å²) < 4.78 is 15.2. The second kappa shape index (κ2) is 11.8. The van der Waals surface area contributed by atoms with E-state index in [9.17, 15) is 14.4 Å². The van der Waals surface area contributed by atoms with Crippen LogP contribution in [0.3, 0.4) is 0 Å². The normalized spacial score (nSPS) is 17.3. The van der Waals surface area contributed by atoms with E-state index < -0.39 is 24.1 Å². The monoisotopic (exact) mass is 490 g/mol. The molecule has 1 fully saturated rings. The summed E-state index contributed by atoms with van der Waals surface area (Å²) >= 11 is 1.26. The molecule has 1 aromatic heterocycles. The van der Waals surface area contributed by atoms with E-state index in [0.29, 0.717) is 36.2 Å². The van der Waals surface area contributed by atoms with Crippen molar-refractivity contribution in [2.45, 2.75) is 32.4 Å². The average molecular weight is 491 g/mol. The molecule has 3 rings (SSSR count). The fraction of sp³-hybridized carbons (Fsp3) is 0.478. The molecule has 10 nitrogen and oxygen atoms in total. The lowest BCUT2D eigenvalue weighted by Gasteiger charge is -2.30. The van der Waals surface area contributed by atoms with Gasteiger partial charge in [0.05, 0.1) is 19.8 Å². The third-order valence-corrected chi connectivity index (χ3v) is 6.53. The van der Waals surface area contributed by atoms with E-state index in [2.05, 4.69) is 20.4 Å². The van der Waals surface area contributed by atoms with Gasteiger partial charge in [0, 0.05) is 19.0 Å². The maximum Gasteiger partial charge on any atom is 0.357 e. The maximum absolute atomic E-state index is 13.3. The van der Waals surface area contributed by atoms with Gasteiger partial charge in [0.15, 0.2) is 10.8 Å². The van der Waals surface area contributed by atoms with Gasteiger partial charge >= 0.3 is 12.0 Å². The number of rotatable bonds is 12. The topological polar surface area (TPSA) is 119 Å². The minimum absolute atomic E-state index is 0.0394. The molecule has 34 heavy (non-hydrogen) atoms. The molecule has 0 spiro atoms. The Hall–Kier alpha value is -3.18. The van der Waals surface area contributed by atoms with Crippen molar-refractivity contribution in [3.8, 4) is 5.75 Å². The first-order chi connectivity index (χ1) is 16.4. The van der Waals surface area contributed by atoms with Crippen molar-refractivity contribution >= 4 is 34.4 Å². The third-order valence-electron chi connectivity index (χ3n) is 5.73. The molecule has 0 aliphatic carbocycles. The van der Waals surface area contributed by atoms with Crippen molar-refractivity contribution in [3.63, 3.8) is 0 Å². The Balaban J connectivity index is 1.71. The minimum atomic E-state index is -0.766. The van der Waals surface area contributed by atoms with Gasteiger partial charge in [-0.1, -0.05) is 32.4 Å². The van der Waals surface area contributed by atoms with Gasteiger partial charge in [0.25, 0.3) is 5.91 Å². The van der Waals surface area contributed by atoms with Gasteiger partial charge in [0.2, 0.25) is 0 Å². The van der Waals surface area contributed by atoms with E-state index in [0.717, 1.165) is 6.42 Å². The number of hydrogen-bond acceptors (Lipinski definition) is 9. The Bertz CT molecular complexity index is 996. The summed E-state index contributed by atoms with van der Waals surface area (Å²) in [5, 5.41) is 8.07. The second-order valence-electron chi connectivity index (χ2n) is 7.86. The van der Waals surface area contributed by atoms with E-state index in [4.69, 9.17) is 9.47 Å². The van der Waals surface area contributed by atoms with E-state index in [1.54, 1.807) is 36.8 Å². The van der Waals surface area contributed by atoms with Crippen LogP contribution < -0.4 is 15.4 Å². The molecule has 1 aromatic carbocycles. The van der Waals surface area contributed by atoms with Gasteiger partial charge in [-0.3, -0.25) is 9.69 Å². The van der Waals surface area contributed by atoms with E-state index in [-0.39, 0.29) is 17.5 Å². The number of imide groups is 1. The zero-order valence-corrected chi connectivity index (χ0v) is 20.5. The van der Waals surface area contributed by atoms with Crippen molar-refractivity contribution < 1.29 is 28.6 Å². The number of benzene rings is 1. The summed E-state index contributed by atoms with van der Waals surface area (Å²) in [6.07, 6.45) is 0.771. The molecular weight excluding hydrogens is 460 g/mol. The quantitative estimate of drug-likeness (QED) is 0.265. The average Bonchev–Trinajstić information content (AvgIpc) is 3.44. The van der Waals surface area contributed by atoms with Crippen molar-refractivity contribution in [2.75, 3.05) is 39.3 Å². The number of hydrogen-bond donors (Lipinski definition) is 2. The number of urea groups is 1. The first-order valence-corrected chi connectivity index (χ1v) is 11.9. The first kappa shape index (κ1) is 25.4. The smallest absolute Gasteiger partial charge is 0.357 e. The molecule has 0 radical (unpaired) electrons. The molecule has 0 unspecified atom stereocenters. The van der Waals surface area contributed by atoms with Crippen molar-refractivity contribution in [1.82, 2.24) is 15.2 Å². The number of nitrogens with zero attached hydrogens (tertiary/aromatic N) is 2. The minimum Gasteiger partial charge on any atom is -0.491 e. The van der Waals surface area contributed by atoms with Gasteiger partial charge in [0.1, 0.15) is 18.4 Å². The van der Waals surface area contributed by atoms with E-state index in [1.807, 2.05) is 13.8 Å². The summed E-state index contributed by atoms with van der Waals surface area (Å²) in [6.45, 7) is 5.21. The molecule has 2 N–H and O–H groups in total. The zero-order valence-electron chi connectivity index (χ0n) is 19.7. The summed E-state index contributed by atoms with van der Waals surface area (Å²) in [5.41, 5.74) is 0.887. The molecular formula is C23H30N4O6S. The fourth-order valence-electron chi connectivity index (χ4n) is 3.60. The molecule has 0 bridgehead atoms. The molecule has 2 heterocycles. The van der Waals surface area contributed by atoms with Crippen molar-refractivity contribution in [2.24, 2.45) is 5.92 Å². The van der Waals surface area contributed by atoms with Crippen LogP contribution in [-0.4, -0.2) is 67.8 Å². The summed E-state index contributed by atoms with van der Waals surface area (Å²) in [5.74, 6) is -0.127. The largest absolute Gasteiger partial charge is 0.491 e. The fourth-order valence-corrected chi connectivity index (χ4v) is 4.29. The number of amides is 3. The SMILES string of the molecule is CC[C@@H](C)[C@@H](CNc1nc(C(=O)OC)cs1)N1C(=O)N[C@H](c2ccc(OCCOC)cc2)C1=O. The van der Waals surface area contributed by atoms with Crippen LogP contribution in [0.4, 0.5) is 9.93 Å². The Kier molecular flexibility index (Phi) is 8.83. The number of thiazole rings is 1. The number of anilines is 1. The standard InChI is InChI=1S/C23H30N4O6S/c1-5-14(2)18(12-24-22-25-17(13-34-22)21(29)32-4)27-20(28)19(26-23(27)30)15-6-8-16(9-7-15)33-11-10-31-3/h6-9,13-14,18-19H,5,10-12H2,1-4H3,(H,24,25)(H,26,30)/t14-,18-,19-/m1/s1. The highest BCUT2D eigenvalue weighted by molar-refractivity contribution is 7.13. The lowest BCUT2D eigenvalue weighted by Crippen LogP contribution is -2.48. The molecule has 0 saturated carbocycles. The number of esters is 1. The summed E-state index contributed by atoms with van der Waals surface area (Å²) in [4.78, 5) is 43.3. The highest BCUT2D eigenvalue weighted by atomic mass is 32.1. The van der Waals surface area contributed by atoms with Crippen LogP contribution in [0.5, 0.6) is 5.75 Å². The Labute approximate surface area is 202 Å². The lowest BCUT2D eigenvalue weighted by atomic mass is 9.97. The molecule has 1 saturated heterocycles. The van der Waals surface area contributed by atoms with Gasteiger partial charge in [-0.15, -0.1) is 11.3 Å². The van der Waals surface area contributed by atoms with E-state index >= 15 is 0 Å². The third kappa shape index (κ3) is 5.84. The zero-order chi connectivity index (χ0) is 24.7. The van der Waals surface area contributed by atoms with Crippen molar-refractivity contribution in [1.29, 1.82) is 0 Å².